The zero-order chi connectivity index (χ0) is 16.4. The van der Waals surface area contributed by atoms with Crippen LogP contribution in [0.5, 0.6) is 11.5 Å². The molecule has 0 saturated heterocycles. The van der Waals surface area contributed by atoms with Crippen LogP contribution in [0.3, 0.4) is 0 Å². The molecule has 0 spiro atoms. The predicted molar refractivity (Wildman–Crippen MR) is 88.5 cm³/mol. The van der Waals surface area contributed by atoms with Crippen molar-refractivity contribution in [2.75, 3.05) is 13.2 Å². The second-order valence-corrected chi connectivity index (χ2v) is 5.55. The van der Waals surface area contributed by atoms with E-state index in [0.717, 1.165) is 12.8 Å². The van der Waals surface area contributed by atoms with E-state index < -0.39 is 5.97 Å². The van der Waals surface area contributed by atoms with Gasteiger partial charge in [-0.05, 0) is 25.5 Å². The smallest absolute Gasteiger partial charge is 0.335 e. The molecule has 0 unspecified atom stereocenters. The van der Waals surface area contributed by atoms with E-state index in [4.69, 9.17) is 26.2 Å². The van der Waals surface area contributed by atoms with Crippen molar-refractivity contribution in [3.63, 3.8) is 0 Å². The molecule has 0 aliphatic rings. The molecule has 0 saturated carbocycles. The van der Waals surface area contributed by atoms with E-state index in [-0.39, 0.29) is 10.6 Å². The SMILES string of the molecule is CCCCCCCCOc1c(Cl)cc(C(=O)O)cc1OCC. The molecule has 1 aromatic carbocycles. The van der Waals surface area contributed by atoms with Crippen molar-refractivity contribution in [2.24, 2.45) is 0 Å². The molecule has 0 heterocycles. The lowest BCUT2D eigenvalue weighted by Crippen LogP contribution is -2.04. The molecule has 1 aromatic rings. The highest BCUT2D eigenvalue weighted by atomic mass is 35.5. The first-order valence-corrected chi connectivity index (χ1v) is 8.30. The molecule has 0 aromatic heterocycles. The van der Waals surface area contributed by atoms with Crippen molar-refractivity contribution in [3.8, 4) is 11.5 Å². The largest absolute Gasteiger partial charge is 0.490 e. The second-order valence-electron chi connectivity index (χ2n) is 5.14. The molecule has 1 N–H and O–H groups in total. The van der Waals surface area contributed by atoms with Crippen molar-refractivity contribution in [1.82, 2.24) is 0 Å². The summed E-state index contributed by atoms with van der Waals surface area (Å²) >= 11 is 6.13. The number of aromatic carboxylic acids is 1. The quantitative estimate of drug-likeness (QED) is 0.569. The zero-order valence-corrected chi connectivity index (χ0v) is 14.1. The molecule has 0 amide bonds. The number of halogens is 1. The minimum Gasteiger partial charge on any atom is -0.490 e. The molecule has 1 rings (SSSR count). The van der Waals surface area contributed by atoms with Crippen LogP contribution in [0.1, 0.15) is 62.7 Å². The van der Waals surface area contributed by atoms with Gasteiger partial charge in [0.05, 0.1) is 23.8 Å². The molecule has 124 valence electrons. The van der Waals surface area contributed by atoms with Gasteiger partial charge in [0.1, 0.15) is 0 Å². The summed E-state index contributed by atoms with van der Waals surface area (Å²) in [5.41, 5.74) is 0.0976. The summed E-state index contributed by atoms with van der Waals surface area (Å²) < 4.78 is 11.2. The molecule has 0 fully saturated rings. The molecule has 0 aliphatic heterocycles. The zero-order valence-electron chi connectivity index (χ0n) is 13.4. The Hall–Kier alpha value is -1.42. The second kappa shape index (κ2) is 10.3. The normalized spacial score (nSPS) is 10.5. The number of hydrogen-bond donors (Lipinski definition) is 1. The molecule has 4 nitrogen and oxygen atoms in total. The number of ether oxygens (including phenoxy) is 2. The van der Waals surface area contributed by atoms with Crippen LogP contribution in [0.25, 0.3) is 0 Å². The van der Waals surface area contributed by atoms with Crippen LogP contribution in [0.4, 0.5) is 0 Å². The molecule has 22 heavy (non-hydrogen) atoms. The first-order valence-electron chi connectivity index (χ1n) is 7.92. The Morgan fingerprint density at radius 1 is 1.09 bits per heavy atom. The number of hydrogen-bond acceptors (Lipinski definition) is 3. The van der Waals surface area contributed by atoms with Gasteiger partial charge < -0.3 is 14.6 Å². The van der Waals surface area contributed by atoms with E-state index in [0.29, 0.717) is 24.7 Å². The highest BCUT2D eigenvalue weighted by Crippen LogP contribution is 2.36. The van der Waals surface area contributed by atoms with E-state index in [1.165, 1.54) is 37.8 Å². The Balaban J connectivity index is 2.59. The highest BCUT2D eigenvalue weighted by Gasteiger charge is 2.15. The Morgan fingerprint density at radius 2 is 1.77 bits per heavy atom. The summed E-state index contributed by atoms with van der Waals surface area (Å²) in [6.07, 6.45) is 7.05. The van der Waals surface area contributed by atoms with Crippen LogP contribution in [0, 0.1) is 0 Å². The maximum atomic E-state index is 11.1. The van der Waals surface area contributed by atoms with Gasteiger partial charge in [-0.15, -0.1) is 0 Å². The number of carbonyl (C=O) groups is 1. The fraction of sp³-hybridized carbons (Fsp3) is 0.588. The van der Waals surface area contributed by atoms with Gasteiger partial charge in [0.25, 0.3) is 0 Å². The molecular formula is C17H25ClO4. The van der Waals surface area contributed by atoms with E-state index in [1.54, 1.807) is 0 Å². The van der Waals surface area contributed by atoms with Crippen molar-refractivity contribution in [3.05, 3.63) is 22.7 Å². The summed E-state index contributed by atoms with van der Waals surface area (Å²) in [6, 6.07) is 2.84. The third-order valence-corrected chi connectivity index (χ3v) is 3.58. The fourth-order valence-corrected chi connectivity index (χ4v) is 2.42. The summed E-state index contributed by atoms with van der Waals surface area (Å²) in [7, 11) is 0. The first kappa shape index (κ1) is 18.6. The van der Waals surface area contributed by atoms with Crippen LogP contribution in [0.2, 0.25) is 5.02 Å². The molecule has 0 aliphatic carbocycles. The Morgan fingerprint density at radius 3 is 2.41 bits per heavy atom. The van der Waals surface area contributed by atoms with Gasteiger partial charge in [-0.2, -0.15) is 0 Å². The van der Waals surface area contributed by atoms with Crippen molar-refractivity contribution < 1.29 is 19.4 Å². The van der Waals surface area contributed by atoms with Gasteiger partial charge >= 0.3 is 5.97 Å². The standard InChI is InChI=1S/C17H25ClO4/c1-3-5-6-7-8-9-10-22-16-14(18)11-13(17(19)20)12-15(16)21-4-2/h11-12H,3-10H2,1-2H3,(H,19,20). The minimum absolute atomic E-state index is 0.0976. The van der Waals surface area contributed by atoms with Crippen LogP contribution in [0.15, 0.2) is 12.1 Å². The Labute approximate surface area is 137 Å². The lowest BCUT2D eigenvalue weighted by molar-refractivity contribution is 0.0696. The maximum absolute atomic E-state index is 11.1. The van der Waals surface area contributed by atoms with Crippen LogP contribution >= 0.6 is 11.6 Å². The van der Waals surface area contributed by atoms with Gasteiger partial charge in [0.15, 0.2) is 11.5 Å². The molecule has 0 radical (unpaired) electrons. The van der Waals surface area contributed by atoms with Crippen LogP contribution in [-0.4, -0.2) is 24.3 Å². The predicted octanol–water partition coefficient (Wildman–Crippen LogP) is 5.18. The number of rotatable bonds is 11. The third-order valence-electron chi connectivity index (χ3n) is 3.30. The fourth-order valence-electron chi connectivity index (χ4n) is 2.15. The number of carboxylic acids is 1. The Bertz CT molecular complexity index is 474. The maximum Gasteiger partial charge on any atom is 0.335 e. The number of unbranched alkanes of at least 4 members (excludes halogenated alkanes) is 5. The summed E-state index contributed by atoms with van der Waals surface area (Å²) in [5, 5.41) is 9.33. The van der Waals surface area contributed by atoms with Gasteiger partial charge in [-0.1, -0.05) is 50.6 Å². The topological polar surface area (TPSA) is 55.8 Å². The van der Waals surface area contributed by atoms with E-state index in [9.17, 15) is 4.79 Å². The monoisotopic (exact) mass is 328 g/mol. The molecular weight excluding hydrogens is 304 g/mol. The van der Waals surface area contributed by atoms with Crippen molar-refractivity contribution >= 4 is 17.6 Å². The number of benzene rings is 1. The Kier molecular flexibility index (Phi) is 8.75. The average molecular weight is 329 g/mol. The summed E-state index contributed by atoms with van der Waals surface area (Å²) in [5.74, 6) is -0.217. The van der Waals surface area contributed by atoms with Crippen LogP contribution in [-0.2, 0) is 0 Å². The van der Waals surface area contributed by atoms with E-state index in [2.05, 4.69) is 6.92 Å². The number of carboxylic acid groups (broad SMARTS) is 1. The summed E-state index contributed by atoms with van der Waals surface area (Å²) in [6.45, 7) is 5.01. The van der Waals surface area contributed by atoms with E-state index in [1.807, 2.05) is 6.92 Å². The lowest BCUT2D eigenvalue weighted by atomic mass is 10.1. The lowest BCUT2D eigenvalue weighted by Gasteiger charge is -2.14. The van der Waals surface area contributed by atoms with Gasteiger partial charge in [-0.25, -0.2) is 4.79 Å². The average Bonchev–Trinajstić information content (AvgIpc) is 2.48. The molecule has 0 bridgehead atoms. The van der Waals surface area contributed by atoms with Gasteiger partial charge in [0.2, 0.25) is 0 Å². The molecule has 0 atom stereocenters. The van der Waals surface area contributed by atoms with Crippen molar-refractivity contribution in [2.45, 2.75) is 52.4 Å². The summed E-state index contributed by atoms with van der Waals surface area (Å²) in [4.78, 5) is 11.1. The molecule has 5 heteroatoms. The third kappa shape index (κ3) is 6.14. The highest BCUT2D eigenvalue weighted by molar-refractivity contribution is 6.32. The van der Waals surface area contributed by atoms with Crippen LogP contribution < -0.4 is 9.47 Å². The first-order chi connectivity index (χ1) is 10.6. The van der Waals surface area contributed by atoms with E-state index >= 15 is 0 Å². The minimum atomic E-state index is -1.04. The van der Waals surface area contributed by atoms with Gasteiger partial charge in [0, 0.05) is 0 Å². The van der Waals surface area contributed by atoms with Crippen molar-refractivity contribution in [1.29, 1.82) is 0 Å². The van der Waals surface area contributed by atoms with Gasteiger partial charge in [-0.3, -0.25) is 0 Å².